The highest BCUT2D eigenvalue weighted by molar-refractivity contribution is 5.94. The first kappa shape index (κ1) is 18.1. The van der Waals surface area contributed by atoms with Crippen molar-refractivity contribution in [2.24, 2.45) is 0 Å². The van der Waals surface area contributed by atoms with Gasteiger partial charge in [-0.15, -0.1) is 0 Å². The Morgan fingerprint density at radius 1 is 1.42 bits per heavy atom. The minimum absolute atomic E-state index is 0.00449. The van der Waals surface area contributed by atoms with Crippen LogP contribution in [0.25, 0.3) is 0 Å². The van der Waals surface area contributed by atoms with Crippen LogP contribution in [0.3, 0.4) is 0 Å². The molecule has 3 rings (SSSR count). The van der Waals surface area contributed by atoms with Gasteiger partial charge in [-0.1, -0.05) is 12.1 Å². The van der Waals surface area contributed by atoms with Crippen molar-refractivity contribution in [3.05, 3.63) is 41.6 Å². The van der Waals surface area contributed by atoms with E-state index in [0.717, 1.165) is 10.9 Å². The van der Waals surface area contributed by atoms with E-state index in [1.54, 1.807) is 31.2 Å². The topological polar surface area (TPSA) is 65.4 Å². The van der Waals surface area contributed by atoms with E-state index in [1.165, 1.54) is 7.11 Å². The molecule has 0 radical (unpaired) electrons. The molecule has 6 nitrogen and oxygen atoms in total. The molecule has 2 heterocycles. The van der Waals surface area contributed by atoms with Gasteiger partial charge in [0.2, 0.25) is 0 Å². The van der Waals surface area contributed by atoms with Crippen molar-refractivity contribution < 1.29 is 27.4 Å². The average Bonchev–Trinajstić information content (AvgIpc) is 3.04. The molecular weight excluding hydrogens is 351 g/mol. The van der Waals surface area contributed by atoms with E-state index in [2.05, 4.69) is 10.4 Å². The van der Waals surface area contributed by atoms with Gasteiger partial charge in [0.25, 0.3) is 0 Å². The molecular formula is C17H18F3N3O3. The van der Waals surface area contributed by atoms with Crippen molar-refractivity contribution in [1.29, 1.82) is 0 Å². The van der Waals surface area contributed by atoms with Crippen LogP contribution in [0.1, 0.15) is 41.3 Å². The van der Waals surface area contributed by atoms with Crippen LogP contribution in [0.2, 0.25) is 0 Å². The van der Waals surface area contributed by atoms with Gasteiger partial charge >= 0.3 is 12.1 Å². The summed E-state index contributed by atoms with van der Waals surface area (Å²) in [5.74, 6) is -0.170. The summed E-state index contributed by atoms with van der Waals surface area (Å²) >= 11 is 0. The number of alkyl halides is 3. The molecule has 2 atom stereocenters. The Morgan fingerprint density at radius 2 is 2.19 bits per heavy atom. The highest BCUT2D eigenvalue weighted by atomic mass is 19.4. The van der Waals surface area contributed by atoms with Gasteiger partial charge in [0.1, 0.15) is 17.1 Å². The molecule has 26 heavy (non-hydrogen) atoms. The SMILES string of the molecule is CCOC(=O)c1cnn2c1N[C@@H](c1cccc(OC)c1)C[C@H]2C(F)(F)F. The summed E-state index contributed by atoms with van der Waals surface area (Å²) in [5.41, 5.74) is 0.606. The van der Waals surface area contributed by atoms with Gasteiger partial charge in [-0.05, 0) is 24.6 Å². The smallest absolute Gasteiger partial charge is 0.410 e. The number of nitrogens with one attached hydrogen (secondary N) is 1. The molecule has 9 heteroatoms. The number of nitrogens with zero attached hydrogens (tertiary/aromatic N) is 2. The molecule has 1 N–H and O–H groups in total. The molecule has 1 aliphatic rings. The molecule has 140 valence electrons. The minimum atomic E-state index is -4.51. The van der Waals surface area contributed by atoms with Crippen LogP contribution in [0, 0.1) is 0 Å². The summed E-state index contributed by atoms with van der Waals surface area (Å²) in [4.78, 5) is 12.1. The molecule has 0 saturated carbocycles. The van der Waals surface area contributed by atoms with Crippen molar-refractivity contribution in [2.45, 2.75) is 31.6 Å². The number of aromatic nitrogens is 2. The molecule has 1 aromatic carbocycles. The summed E-state index contributed by atoms with van der Waals surface area (Å²) in [5, 5.41) is 6.78. The van der Waals surface area contributed by atoms with Crippen molar-refractivity contribution >= 4 is 11.8 Å². The quantitative estimate of drug-likeness (QED) is 0.832. The van der Waals surface area contributed by atoms with E-state index in [4.69, 9.17) is 9.47 Å². The number of hydrogen-bond acceptors (Lipinski definition) is 5. The predicted octanol–water partition coefficient (Wildman–Crippen LogP) is 3.73. The van der Waals surface area contributed by atoms with Crippen LogP contribution in [0.15, 0.2) is 30.5 Å². The predicted molar refractivity (Wildman–Crippen MR) is 87.3 cm³/mol. The maximum absolute atomic E-state index is 13.6. The van der Waals surface area contributed by atoms with Crippen molar-refractivity contribution in [2.75, 3.05) is 19.0 Å². The Balaban J connectivity index is 2.03. The number of carbonyl (C=O) groups excluding carboxylic acids is 1. The fourth-order valence-electron chi connectivity index (χ4n) is 3.00. The van der Waals surface area contributed by atoms with Crippen molar-refractivity contribution in [3.8, 4) is 5.75 Å². The average molecular weight is 369 g/mol. The lowest BCUT2D eigenvalue weighted by Gasteiger charge is -2.34. The number of methoxy groups -OCH3 is 1. The zero-order chi connectivity index (χ0) is 18.9. The van der Waals surface area contributed by atoms with Gasteiger partial charge in [-0.3, -0.25) is 0 Å². The molecule has 0 unspecified atom stereocenters. The first-order valence-corrected chi connectivity index (χ1v) is 8.07. The molecule has 0 saturated heterocycles. The Bertz CT molecular complexity index is 804. The Labute approximate surface area is 147 Å². The molecule has 0 bridgehead atoms. The monoisotopic (exact) mass is 369 g/mol. The second-order valence-corrected chi connectivity index (χ2v) is 5.84. The Hall–Kier alpha value is -2.71. The number of carbonyl (C=O) groups is 1. The fraction of sp³-hybridized carbons (Fsp3) is 0.412. The Morgan fingerprint density at radius 3 is 2.85 bits per heavy atom. The van der Waals surface area contributed by atoms with Crippen LogP contribution in [-0.4, -0.2) is 35.6 Å². The minimum Gasteiger partial charge on any atom is -0.497 e. The summed E-state index contributed by atoms with van der Waals surface area (Å²) in [6.45, 7) is 1.74. The fourth-order valence-corrected chi connectivity index (χ4v) is 3.00. The number of anilines is 1. The standard InChI is InChI=1S/C17H18F3N3O3/c1-3-26-16(24)12-9-21-23-14(17(18,19)20)8-13(22-15(12)23)10-5-4-6-11(7-10)25-2/h4-7,9,13-14,22H,3,8H2,1-2H3/t13-,14+/m1/s1. The summed E-state index contributed by atoms with van der Waals surface area (Å²) in [7, 11) is 1.49. The molecule has 2 aromatic rings. The van der Waals surface area contributed by atoms with E-state index < -0.39 is 24.2 Å². The zero-order valence-corrected chi connectivity index (χ0v) is 14.2. The molecule has 0 amide bonds. The maximum atomic E-state index is 13.6. The van der Waals surface area contributed by atoms with Crippen molar-refractivity contribution in [3.63, 3.8) is 0 Å². The van der Waals surface area contributed by atoms with Crippen LogP contribution < -0.4 is 10.1 Å². The third-order valence-electron chi connectivity index (χ3n) is 4.23. The van der Waals surface area contributed by atoms with Crippen molar-refractivity contribution in [1.82, 2.24) is 9.78 Å². The second kappa shape index (κ2) is 6.89. The number of esters is 1. The number of halogens is 3. The molecule has 0 fully saturated rings. The number of ether oxygens (including phenoxy) is 2. The normalized spacial score (nSPS) is 19.4. The van der Waals surface area contributed by atoms with Gasteiger partial charge < -0.3 is 14.8 Å². The summed E-state index contributed by atoms with van der Waals surface area (Å²) in [6.07, 6.45) is -3.66. The van der Waals surface area contributed by atoms with Crippen LogP contribution in [-0.2, 0) is 4.74 Å². The first-order valence-electron chi connectivity index (χ1n) is 8.07. The highest BCUT2D eigenvalue weighted by Crippen LogP contribution is 2.44. The molecule has 0 aliphatic carbocycles. The van der Waals surface area contributed by atoms with Gasteiger partial charge in [-0.2, -0.15) is 18.3 Å². The van der Waals surface area contributed by atoms with E-state index in [-0.39, 0.29) is 24.4 Å². The van der Waals surface area contributed by atoms with Crippen LogP contribution in [0.4, 0.5) is 19.0 Å². The molecule has 1 aromatic heterocycles. The largest absolute Gasteiger partial charge is 0.497 e. The third-order valence-corrected chi connectivity index (χ3v) is 4.23. The lowest BCUT2D eigenvalue weighted by Crippen LogP contribution is -2.36. The molecule has 0 spiro atoms. The number of rotatable bonds is 4. The third kappa shape index (κ3) is 3.33. The number of fused-ring (bicyclic) bond motifs is 1. The van der Waals surface area contributed by atoms with Gasteiger partial charge in [0, 0.05) is 6.42 Å². The first-order chi connectivity index (χ1) is 12.3. The highest BCUT2D eigenvalue weighted by Gasteiger charge is 2.47. The van der Waals surface area contributed by atoms with E-state index in [9.17, 15) is 18.0 Å². The van der Waals surface area contributed by atoms with Crippen LogP contribution in [0.5, 0.6) is 5.75 Å². The van der Waals surface area contributed by atoms with Crippen LogP contribution >= 0.6 is 0 Å². The zero-order valence-electron chi connectivity index (χ0n) is 14.2. The lowest BCUT2D eigenvalue weighted by atomic mass is 9.96. The van der Waals surface area contributed by atoms with E-state index in [1.807, 2.05) is 0 Å². The van der Waals surface area contributed by atoms with Gasteiger partial charge in [0.15, 0.2) is 6.04 Å². The van der Waals surface area contributed by atoms with E-state index in [0.29, 0.717) is 11.3 Å². The second-order valence-electron chi connectivity index (χ2n) is 5.84. The number of benzene rings is 1. The maximum Gasteiger partial charge on any atom is 0.410 e. The number of hydrogen-bond donors (Lipinski definition) is 1. The lowest BCUT2D eigenvalue weighted by molar-refractivity contribution is -0.173. The van der Waals surface area contributed by atoms with E-state index >= 15 is 0 Å². The summed E-state index contributed by atoms with van der Waals surface area (Å²) in [6, 6.07) is 4.29. The Kier molecular flexibility index (Phi) is 4.80. The van der Waals surface area contributed by atoms with Gasteiger partial charge in [-0.25, -0.2) is 9.48 Å². The van der Waals surface area contributed by atoms with Gasteiger partial charge in [0.05, 0.1) is 26.0 Å². The molecule has 1 aliphatic heterocycles. The summed E-state index contributed by atoms with van der Waals surface area (Å²) < 4.78 is 51.6.